The van der Waals surface area contributed by atoms with Gasteiger partial charge in [-0.25, -0.2) is 19.2 Å². The van der Waals surface area contributed by atoms with E-state index in [1.165, 1.54) is 4.90 Å². The van der Waals surface area contributed by atoms with Crippen molar-refractivity contribution in [3.8, 4) is 0 Å². The number of nitrogens with zero attached hydrogens (tertiary/aromatic N) is 4. The fourth-order valence-electron chi connectivity index (χ4n) is 13.0. The molecule has 0 radical (unpaired) electrons. The largest absolute Gasteiger partial charge is 0.444 e. The summed E-state index contributed by atoms with van der Waals surface area (Å²) in [6.45, 7) is 70.3. The van der Waals surface area contributed by atoms with Crippen molar-refractivity contribution in [2.24, 2.45) is 0 Å². The van der Waals surface area contributed by atoms with Gasteiger partial charge in [-0.3, -0.25) is 19.6 Å². The van der Waals surface area contributed by atoms with Crippen LogP contribution in [0.3, 0.4) is 0 Å². The van der Waals surface area contributed by atoms with Gasteiger partial charge in [0.2, 0.25) is 0 Å². The van der Waals surface area contributed by atoms with Crippen LogP contribution in [0.1, 0.15) is 209 Å². The van der Waals surface area contributed by atoms with Crippen molar-refractivity contribution >= 4 is 57.6 Å². The normalized spacial score (nSPS) is 23.4. The molecule has 0 aromatic heterocycles. The first-order valence-electron chi connectivity index (χ1n) is 42.1. The molecule has 5 heterocycles. The van der Waals surface area contributed by atoms with Crippen LogP contribution in [0.4, 0.5) is 19.2 Å². The van der Waals surface area contributed by atoms with Crippen molar-refractivity contribution in [2.45, 2.75) is 379 Å². The summed E-state index contributed by atoms with van der Waals surface area (Å²) < 4.78 is 72.9. The average Bonchev–Trinajstić information content (AvgIpc) is 1.64. The van der Waals surface area contributed by atoms with E-state index in [4.69, 9.17) is 55.6 Å². The smallest absolute Gasteiger partial charge is 0.411 e. The molecule has 0 saturated carbocycles. The number of aliphatic hydroxyl groups excluding tert-OH is 3. The van der Waals surface area contributed by atoms with Gasteiger partial charge in [-0.15, -0.1) is 0 Å². The van der Waals surface area contributed by atoms with Crippen molar-refractivity contribution in [3.63, 3.8) is 0 Å². The van der Waals surface area contributed by atoms with Crippen LogP contribution < -0.4 is 0 Å². The van der Waals surface area contributed by atoms with Crippen LogP contribution in [0.2, 0.25) is 72.5 Å². The minimum Gasteiger partial charge on any atom is -0.444 e. The number of hydrogen-bond acceptors (Lipinski definition) is 19. The Morgan fingerprint density at radius 1 is 0.373 bits per heavy atom. The Kier molecular flexibility index (Phi) is 40.4. The number of aliphatic hydroxyl groups is 3. The van der Waals surface area contributed by atoms with E-state index < -0.39 is 92.1 Å². The quantitative estimate of drug-likeness (QED) is 0.0453. The Hall–Kier alpha value is -4.17. The van der Waals surface area contributed by atoms with E-state index in [9.17, 15) is 34.5 Å². The minimum absolute atomic E-state index is 0. The van der Waals surface area contributed by atoms with Gasteiger partial charge in [0, 0.05) is 20.4 Å². The minimum atomic E-state index is -2.05. The number of amides is 4. The summed E-state index contributed by atoms with van der Waals surface area (Å²) in [5.74, 6) is 0. The Morgan fingerprint density at radius 3 is 0.992 bits per heavy atom. The second-order valence-corrected chi connectivity index (χ2v) is 61.4. The molecule has 3 N–H and O–H groups in total. The summed E-state index contributed by atoms with van der Waals surface area (Å²) in [5.41, 5.74) is 0.927. The summed E-state index contributed by atoms with van der Waals surface area (Å²) in [5, 5.41) is 30.5. The van der Waals surface area contributed by atoms with Crippen molar-refractivity contribution in [1.29, 1.82) is 0 Å². The van der Waals surface area contributed by atoms with Gasteiger partial charge in [0.25, 0.3) is 0 Å². The first kappa shape index (κ1) is 108. The van der Waals surface area contributed by atoms with Crippen LogP contribution in [0.25, 0.3) is 0 Å². The summed E-state index contributed by atoms with van der Waals surface area (Å²) >= 11 is 0. The van der Waals surface area contributed by atoms with Gasteiger partial charge >= 0.3 is 24.4 Å². The molecule has 12 atom stereocenters. The second kappa shape index (κ2) is 44.1. The van der Waals surface area contributed by atoms with Crippen molar-refractivity contribution in [3.05, 3.63) is 115 Å². The van der Waals surface area contributed by atoms with Crippen molar-refractivity contribution in [1.82, 2.24) is 19.6 Å². The Labute approximate surface area is 730 Å². The van der Waals surface area contributed by atoms with Gasteiger partial charge in [0.15, 0.2) is 33.3 Å². The number of carbonyl (C=O) groups is 4. The number of ether oxygens (including phenoxy) is 8. The zero-order valence-corrected chi connectivity index (χ0v) is 84.2. The standard InChI is InChI=1S/C30H55NO5Si2.C23H49NO5Si2.C18H27NO5.C18H25NO4.CH3.Pd/c1-28(2,3)36-27(32)31-24(21-34-37(10,11)29(4,5)6)19-26(33-20-23-17-15-14-16-18-23)25(31)22-35-38(12,13)30(7,8)9;1-21(2,3)29-20(26)24-17(15-27-30(10,11)22(4,5)6)14-19(25)18(24)16-28-31(12,13)23(7,8)9;1-18(2,3)24-17(22)19-14(10-20)9-16(15(19)11-21)23-12-13-7-5-4-6-8-13;1-18(2,3)23-17(20)19-14-9-16(15(19)12-21-11-14)22-10-13-7-5-4-6-8-13;;/h14-18,24-26H,19-22H2,1-13H3;17-19,25H,14-16H2,1-13H3;4-8,14-16,20-21H,9-12H2,1-3H3;4-8,14-16H,9-12H2,1-3H3;1H3;/q;;;;-1;/t24-,25-,26+;17-,18-,19+;14-,15-,16+;14?,15?,16-;;/m1110../s1. The Bertz CT molecular complexity index is 3500. The van der Waals surface area contributed by atoms with Crippen LogP contribution >= 0.6 is 0 Å². The van der Waals surface area contributed by atoms with E-state index in [-0.39, 0.29) is 122 Å². The van der Waals surface area contributed by atoms with E-state index in [2.05, 4.69) is 148 Å². The molecule has 2 bridgehead atoms. The third-order valence-electron chi connectivity index (χ3n) is 23.8. The fourth-order valence-corrected chi connectivity index (χ4v) is 17.1. The molecule has 3 aromatic carbocycles. The van der Waals surface area contributed by atoms with E-state index in [0.29, 0.717) is 78.7 Å². The molecule has 118 heavy (non-hydrogen) atoms. The molecule has 23 nitrogen and oxygen atoms in total. The molecule has 5 aliphatic rings. The summed E-state index contributed by atoms with van der Waals surface area (Å²) in [6.07, 6.45) is -0.294. The van der Waals surface area contributed by atoms with Gasteiger partial charge in [-0.1, -0.05) is 174 Å². The van der Waals surface area contributed by atoms with E-state index in [1.807, 2.05) is 151 Å². The molecule has 5 saturated heterocycles. The first-order valence-corrected chi connectivity index (χ1v) is 53.7. The maximum absolute atomic E-state index is 13.7. The van der Waals surface area contributed by atoms with Crippen LogP contribution in [-0.2, 0) is 95.8 Å². The van der Waals surface area contributed by atoms with E-state index in [0.717, 1.165) is 23.1 Å². The Balaban J connectivity index is 0.000000412. The van der Waals surface area contributed by atoms with Crippen LogP contribution in [0, 0.1) is 7.43 Å². The molecule has 2 unspecified atom stereocenters. The molecular weight excluding hydrogens is 1660 g/mol. The van der Waals surface area contributed by atoms with E-state index >= 15 is 0 Å². The number of rotatable bonds is 23. The van der Waals surface area contributed by atoms with Crippen LogP contribution in [0.15, 0.2) is 91.0 Å². The molecule has 3 aromatic rings. The number of carbonyl (C=O) groups excluding carboxylic acids is 4. The molecule has 0 aliphatic carbocycles. The summed E-state index contributed by atoms with van der Waals surface area (Å²) in [4.78, 5) is 58.6. The molecular formula is C90H159N4O19PdSi4-. The number of hydrogen-bond donors (Lipinski definition) is 3. The maximum atomic E-state index is 13.7. The Morgan fingerprint density at radius 2 is 0.661 bits per heavy atom. The van der Waals surface area contributed by atoms with Gasteiger partial charge < -0.3 is 78.3 Å². The molecule has 0 spiro atoms. The monoisotopic (exact) mass is 1820 g/mol. The molecule has 680 valence electrons. The maximum Gasteiger partial charge on any atom is 0.411 e. The zero-order chi connectivity index (χ0) is 88.0. The first-order chi connectivity index (χ1) is 53.0. The number of morpholine rings is 1. The van der Waals surface area contributed by atoms with Crippen molar-refractivity contribution < 1.29 is 111 Å². The number of fused-ring (bicyclic) bond motifs is 2. The summed E-state index contributed by atoms with van der Waals surface area (Å²) in [6, 6.07) is 28.0. The third kappa shape index (κ3) is 32.7. The van der Waals surface area contributed by atoms with Crippen LogP contribution in [-0.4, -0.2) is 241 Å². The van der Waals surface area contributed by atoms with Gasteiger partial charge in [0.1, 0.15) is 22.4 Å². The van der Waals surface area contributed by atoms with Gasteiger partial charge in [-0.05, 0) is 198 Å². The van der Waals surface area contributed by atoms with Gasteiger partial charge in [-0.2, -0.15) is 0 Å². The summed E-state index contributed by atoms with van der Waals surface area (Å²) in [7, 11) is -8.08. The predicted octanol–water partition coefficient (Wildman–Crippen LogP) is 19.1. The molecule has 5 aliphatic heterocycles. The SMILES string of the molecule is CC(C)(C)OC(=O)N1C2COCC1[C@@H](OCc1ccccc1)C2.CC(C)(C)OC(=O)N1[C@@H](CO)C[C@H](OCc2ccccc2)[C@H]1CO.CC(C)(C)OC(=O)N1[C@@H](CO[Si](C)(C)C(C)(C)C)C[C@H](O)[C@H]1CO[Si](C)(C)C(C)(C)C.CC(C)(C)OC(=O)N1[C@@H](CO[Si](C)(C)C(C)(C)C)C[C@H](OCc2ccccc2)[C@H]1CO[Si](C)(C)C(C)(C)C.[CH3-].[Pd]. The molecule has 28 heteroatoms. The third-order valence-corrected chi connectivity index (χ3v) is 41.8. The fraction of sp³-hybridized carbons (Fsp3) is 0.744. The molecule has 4 amide bonds. The number of benzene rings is 3. The van der Waals surface area contributed by atoms with E-state index in [1.54, 1.807) is 25.7 Å². The molecule has 8 rings (SSSR count). The number of likely N-dealkylation sites (tertiary alicyclic amines) is 3. The topological polar surface area (TPSA) is 253 Å². The van der Waals surface area contributed by atoms with Crippen LogP contribution in [0.5, 0.6) is 0 Å². The molecule has 5 fully saturated rings. The predicted molar refractivity (Wildman–Crippen MR) is 476 cm³/mol. The average molecular weight is 1820 g/mol. The second-order valence-electron chi connectivity index (χ2n) is 42.1. The van der Waals surface area contributed by atoms with Crippen molar-refractivity contribution in [2.75, 3.05) is 52.9 Å². The van der Waals surface area contributed by atoms with Gasteiger partial charge in [0.05, 0.1) is 145 Å². The zero-order valence-electron chi connectivity index (χ0n) is 78.7.